The third-order valence-electron chi connectivity index (χ3n) is 3.71. The molecule has 0 fully saturated rings. The second-order valence-electron chi connectivity index (χ2n) is 5.10. The summed E-state index contributed by atoms with van der Waals surface area (Å²) in [5.74, 6) is 1.10. The fraction of sp³-hybridized carbons (Fsp3) is 0.167. The standard InChI is InChI=1S/C18H16O5/c1-21-13-8-14-17(20)12(7-11-5-3-4-6-15(11)19)10-23-18(14)16(9-13)22-2/h3-6,8-10,19H,7H2,1-2H3. The Labute approximate surface area is 132 Å². The molecule has 0 saturated heterocycles. The van der Waals surface area contributed by atoms with Crippen molar-refractivity contribution in [3.05, 3.63) is 64.0 Å². The van der Waals surface area contributed by atoms with E-state index in [0.717, 1.165) is 0 Å². The molecule has 0 atom stereocenters. The average molecular weight is 312 g/mol. The molecule has 3 aromatic rings. The van der Waals surface area contributed by atoms with Gasteiger partial charge in [0.1, 0.15) is 11.5 Å². The van der Waals surface area contributed by atoms with Crippen LogP contribution in [-0.4, -0.2) is 19.3 Å². The lowest BCUT2D eigenvalue weighted by molar-refractivity contribution is 0.391. The topological polar surface area (TPSA) is 68.9 Å². The molecule has 23 heavy (non-hydrogen) atoms. The van der Waals surface area contributed by atoms with Crippen LogP contribution in [0.1, 0.15) is 11.1 Å². The number of rotatable bonds is 4. The molecule has 0 aliphatic carbocycles. The van der Waals surface area contributed by atoms with Gasteiger partial charge in [-0.2, -0.15) is 0 Å². The summed E-state index contributed by atoms with van der Waals surface area (Å²) in [4.78, 5) is 12.7. The van der Waals surface area contributed by atoms with Gasteiger partial charge in [-0.15, -0.1) is 0 Å². The Balaban J connectivity index is 2.15. The maximum Gasteiger partial charge on any atom is 0.196 e. The smallest absolute Gasteiger partial charge is 0.196 e. The van der Waals surface area contributed by atoms with Crippen LogP contribution in [0.3, 0.4) is 0 Å². The normalized spacial score (nSPS) is 10.7. The number of phenols is 1. The monoisotopic (exact) mass is 312 g/mol. The number of ether oxygens (including phenoxy) is 2. The highest BCUT2D eigenvalue weighted by Crippen LogP contribution is 2.30. The number of benzene rings is 2. The summed E-state index contributed by atoms with van der Waals surface area (Å²) in [6.45, 7) is 0. The fourth-order valence-electron chi connectivity index (χ4n) is 2.48. The van der Waals surface area contributed by atoms with E-state index in [-0.39, 0.29) is 17.6 Å². The Bertz CT molecular complexity index is 911. The molecule has 0 aliphatic heterocycles. The first-order chi connectivity index (χ1) is 11.1. The third kappa shape index (κ3) is 2.73. The quantitative estimate of drug-likeness (QED) is 0.801. The van der Waals surface area contributed by atoms with Gasteiger partial charge in [-0.25, -0.2) is 0 Å². The van der Waals surface area contributed by atoms with Crippen molar-refractivity contribution in [1.82, 2.24) is 0 Å². The summed E-state index contributed by atoms with van der Waals surface area (Å²) < 4.78 is 16.0. The van der Waals surface area contributed by atoms with Crippen molar-refractivity contribution in [3.8, 4) is 17.2 Å². The van der Waals surface area contributed by atoms with Crippen molar-refractivity contribution in [3.63, 3.8) is 0 Å². The van der Waals surface area contributed by atoms with Crippen LogP contribution in [0.5, 0.6) is 17.2 Å². The Kier molecular flexibility index (Phi) is 3.93. The minimum atomic E-state index is -0.174. The zero-order chi connectivity index (χ0) is 16.4. The van der Waals surface area contributed by atoms with E-state index >= 15 is 0 Å². The largest absolute Gasteiger partial charge is 0.508 e. The molecule has 0 radical (unpaired) electrons. The van der Waals surface area contributed by atoms with Gasteiger partial charge in [0.25, 0.3) is 0 Å². The van der Waals surface area contributed by atoms with Gasteiger partial charge in [0, 0.05) is 18.1 Å². The molecule has 3 rings (SSSR count). The third-order valence-corrected chi connectivity index (χ3v) is 3.71. The van der Waals surface area contributed by atoms with Crippen molar-refractivity contribution < 1.29 is 19.0 Å². The van der Waals surface area contributed by atoms with E-state index in [9.17, 15) is 9.90 Å². The Hall–Kier alpha value is -2.95. The van der Waals surface area contributed by atoms with Crippen molar-refractivity contribution in [1.29, 1.82) is 0 Å². The molecular formula is C18H16O5. The van der Waals surface area contributed by atoms with Crippen LogP contribution in [0.4, 0.5) is 0 Å². The van der Waals surface area contributed by atoms with Crippen LogP contribution in [0.15, 0.2) is 51.9 Å². The molecular weight excluding hydrogens is 296 g/mol. The predicted octanol–water partition coefficient (Wildman–Crippen LogP) is 3.11. The molecule has 1 aromatic heterocycles. The first-order valence-electron chi connectivity index (χ1n) is 7.07. The van der Waals surface area contributed by atoms with E-state index in [0.29, 0.717) is 33.6 Å². The van der Waals surface area contributed by atoms with E-state index in [1.54, 1.807) is 30.3 Å². The summed E-state index contributed by atoms with van der Waals surface area (Å²) >= 11 is 0. The Morgan fingerprint density at radius 2 is 1.87 bits per heavy atom. The molecule has 0 bridgehead atoms. The van der Waals surface area contributed by atoms with Crippen LogP contribution in [0.2, 0.25) is 0 Å². The van der Waals surface area contributed by atoms with E-state index < -0.39 is 0 Å². The van der Waals surface area contributed by atoms with Crippen LogP contribution in [0.25, 0.3) is 11.0 Å². The zero-order valence-electron chi connectivity index (χ0n) is 12.8. The average Bonchev–Trinajstić information content (AvgIpc) is 2.58. The fourth-order valence-corrected chi connectivity index (χ4v) is 2.48. The van der Waals surface area contributed by atoms with Crippen molar-refractivity contribution >= 4 is 11.0 Å². The predicted molar refractivity (Wildman–Crippen MR) is 86.5 cm³/mol. The molecule has 2 aromatic carbocycles. The number of phenolic OH excluding ortho intramolecular Hbond substituents is 1. The molecule has 0 aliphatic rings. The first-order valence-corrected chi connectivity index (χ1v) is 7.07. The molecule has 1 N–H and O–H groups in total. The summed E-state index contributed by atoms with van der Waals surface area (Å²) in [5.41, 5.74) is 1.31. The summed E-state index contributed by atoms with van der Waals surface area (Å²) in [7, 11) is 3.03. The molecule has 5 heteroatoms. The second kappa shape index (κ2) is 6.04. The lowest BCUT2D eigenvalue weighted by Crippen LogP contribution is -2.10. The van der Waals surface area contributed by atoms with Gasteiger partial charge in [0.05, 0.1) is 25.9 Å². The van der Waals surface area contributed by atoms with Gasteiger partial charge < -0.3 is 19.0 Å². The molecule has 0 spiro atoms. The highest BCUT2D eigenvalue weighted by molar-refractivity contribution is 5.84. The van der Waals surface area contributed by atoms with E-state index in [2.05, 4.69) is 0 Å². The van der Waals surface area contributed by atoms with Crippen LogP contribution < -0.4 is 14.9 Å². The number of para-hydroxylation sites is 1. The summed E-state index contributed by atoms with van der Waals surface area (Å²) in [6.07, 6.45) is 1.69. The number of hydrogen-bond donors (Lipinski definition) is 1. The first kappa shape index (κ1) is 15.0. The molecule has 0 amide bonds. The summed E-state index contributed by atoms with van der Waals surface area (Å²) in [6, 6.07) is 10.2. The van der Waals surface area contributed by atoms with Crippen molar-refractivity contribution in [2.45, 2.75) is 6.42 Å². The number of hydrogen-bond acceptors (Lipinski definition) is 5. The molecule has 1 heterocycles. The SMILES string of the molecule is COc1cc(OC)c2occ(Cc3ccccc3O)c(=O)c2c1. The highest BCUT2D eigenvalue weighted by Gasteiger charge is 2.14. The molecule has 5 nitrogen and oxygen atoms in total. The van der Waals surface area contributed by atoms with Crippen molar-refractivity contribution in [2.24, 2.45) is 0 Å². The van der Waals surface area contributed by atoms with Gasteiger partial charge in [-0.05, 0) is 17.7 Å². The van der Waals surface area contributed by atoms with Gasteiger partial charge in [0.2, 0.25) is 0 Å². The van der Waals surface area contributed by atoms with Gasteiger partial charge >= 0.3 is 0 Å². The second-order valence-corrected chi connectivity index (χ2v) is 5.10. The van der Waals surface area contributed by atoms with Gasteiger partial charge in [-0.3, -0.25) is 4.79 Å². The van der Waals surface area contributed by atoms with Gasteiger partial charge in [-0.1, -0.05) is 18.2 Å². The lowest BCUT2D eigenvalue weighted by Gasteiger charge is -2.09. The molecule has 0 saturated carbocycles. The maximum absolute atomic E-state index is 12.7. The van der Waals surface area contributed by atoms with E-state index in [1.807, 2.05) is 6.07 Å². The van der Waals surface area contributed by atoms with E-state index in [1.165, 1.54) is 20.5 Å². The Morgan fingerprint density at radius 3 is 2.57 bits per heavy atom. The number of methoxy groups -OCH3 is 2. The maximum atomic E-state index is 12.7. The van der Waals surface area contributed by atoms with Crippen molar-refractivity contribution in [2.75, 3.05) is 14.2 Å². The molecule has 118 valence electrons. The minimum absolute atomic E-state index is 0.148. The number of aromatic hydroxyl groups is 1. The van der Waals surface area contributed by atoms with Gasteiger partial charge in [0.15, 0.2) is 16.8 Å². The minimum Gasteiger partial charge on any atom is -0.508 e. The van der Waals surface area contributed by atoms with Crippen LogP contribution >= 0.6 is 0 Å². The lowest BCUT2D eigenvalue weighted by atomic mass is 10.0. The van der Waals surface area contributed by atoms with Crippen LogP contribution in [0, 0.1) is 0 Å². The number of fused-ring (bicyclic) bond motifs is 1. The Morgan fingerprint density at radius 1 is 1.09 bits per heavy atom. The van der Waals surface area contributed by atoms with Crippen LogP contribution in [-0.2, 0) is 6.42 Å². The molecule has 0 unspecified atom stereocenters. The zero-order valence-corrected chi connectivity index (χ0v) is 12.8. The summed E-state index contributed by atoms with van der Waals surface area (Å²) in [5, 5.41) is 10.3. The highest BCUT2D eigenvalue weighted by atomic mass is 16.5. The van der Waals surface area contributed by atoms with E-state index in [4.69, 9.17) is 13.9 Å².